The number of halogens is 1. The topological polar surface area (TPSA) is 107 Å². The van der Waals surface area contributed by atoms with Crippen molar-refractivity contribution in [2.45, 2.75) is 11.7 Å². The Morgan fingerprint density at radius 3 is 3.06 bits per heavy atom. The van der Waals surface area contributed by atoms with Crippen molar-refractivity contribution < 1.29 is 18.4 Å². The summed E-state index contributed by atoms with van der Waals surface area (Å²) in [7, 11) is -1.42. The van der Waals surface area contributed by atoms with Crippen molar-refractivity contribution in [2.24, 2.45) is 0 Å². The fourth-order valence-corrected chi connectivity index (χ4v) is 2.61. The van der Waals surface area contributed by atoms with Crippen LogP contribution in [0.1, 0.15) is 6.23 Å². The molecular formula is C8H10FN3O4S. The molecule has 2 heterocycles. The van der Waals surface area contributed by atoms with Crippen LogP contribution in [0.3, 0.4) is 0 Å². The Hall–Kier alpha value is -1.32. The van der Waals surface area contributed by atoms with Gasteiger partial charge in [-0.15, -0.1) is 0 Å². The molecule has 0 aromatic carbocycles. The van der Waals surface area contributed by atoms with Crippen molar-refractivity contribution in [3.63, 3.8) is 0 Å². The van der Waals surface area contributed by atoms with Crippen molar-refractivity contribution in [1.82, 2.24) is 9.55 Å². The van der Waals surface area contributed by atoms with E-state index >= 15 is 0 Å². The maximum Gasteiger partial charge on any atom is 0.351 e. The van der Waals surface area contributed by atoms with Crippen molar-refractivity contribution >= 4 is 16.6 Å². The lowest BCUT2D eigenvalue weighted by molar-refractivity contribution is -0.00750. The van der Waals surface area contributed by atoms with Crippen LogP contribution in [0.15, 0.2) is 11.0 Å². The Balaban J connectivity index is 2.34. The number of aliphatic hydroxyl groups is 1. The van der Waals surface area contributed by atoms with Crippen LogP contribution in [0.25, 0.3) is 0 Å². The maximum absolute atomic E-state index is 13.2. The highest BCUT2D eigenvalue weighted by Crippen LogP contribution is 2.22. The molecule has 0 saturated carbocycles. The summed E-state index contributed by atoms with van der Waals surface area (Å²) in [5.41, 5.74) is 3.47. The third-order valence-electron chi connectivity index (χ3n) is 2.30. The Morgan fingerprint density at radius 1 is 1.76 bits per heavy atom. The molecule has 2 rings (SSSR count). The zero-order valence-electron chi connectivity index (χ0n) is 8.58. The highest BCUT2D eigenvalue weighted by atomic mass is 32.2. The van der Waals surface area contributed by atoms with Crippen molar-refractivity contribution in [1.29, 1.82) is 0 Å². The molecule has 1 aromatic heterocycles. The molecule has 0 spiro atoms. The molecule has 7 nitrogen and oxygen atoms in total. The van der Waals surface area contributed by atoms with E-state index in [1.165, 1.54) is 0 Å². The number of aliphatic hydroxyl groups excluding tert-OH is 1. The van der Waals surface area contributed by atoms with Gasteiger partial charge in [0.25, 0.3) is 0 Å². The van der Waals surface area contributed by atoms with Gasteiger partial charge in [-0.25, -0.2) is 9.18 Å². The molecule has 0 bridgehead atoms. The number of hydrogen-bond acceptors (Lipinski definition) is 6. The van der Waals surface area contributed by atoms with E-state index in [1.807, 2.05) is 0 Å². The first-order valence-corrected chi connectivity index (χ1v) is 6.08. The summed E-state index contributed by atoms with van der Waals surface area (Å²) in [4.78, 5) is 14.7. The Morgan fingerprint density at radius 2 is 2.47 bits per heavy atom. The van der Waals surface area contributed by atoms with E-state index in [0.717, 1.165) is 10.8 Å². The second-order valence-electron chi connectivity index (χ2n) is 3.41. The minimum absolute atomic E-state index is 0.00380. The zero-order chi connectivity index (χ0) is 12.6. The lowest BCUT2D eigenvalue weighted by atomic mass is 10.5. The first kappa shape index (κ1) is 12.1. The van der Waals surface area contributed by atoms with Gasteiger partial charge >= 0.3 is 5.69 Å². The Kier molecular flexibility index (Phi) is 3.22. The molecule has 1 aromatic rings. The van der Waals surface area contributed by atoms with E-state index in [1.54, 1.807) is 0 Å². The molecule has 1 saturated heterocycles. The molecule has 1 aliphatic rings. The first-order valence-electron chi connectivity index (χ1n) is 4.70. The van der Waals surface area contributed by atoms with Crippen LogP contribution in [0, 0.1) is 5.82 Å². The molecule has 0 aliphatic carbocycles. The largest absolute Gasteiger partial charge is 0.393 e. The number of aromatic nitrogens is 2. The van der Waals surface area contributed by atoms with E-state index < -0.39 is 46.4 Å². The quantitative estimate of drug-likeness (QED) is 0.676. The molecule has 9 heteroatoms. The molecule has 3 atom stereocenters. The highest BCUT2D eigenvalue weighted by Gasteiger charge is 2.33. The van der Waals surface area contributed by atoms with Crippen LogP contribution in [0.4, 0.5) is 10.2 Å². The highest BCUT2D eigenvalue weighted by molar-refractivity contribution is 7.85. The van der Waals surface area contributed by atoms with Gasteiger partial charge in [-0.3, -0.25) is 8.78 Å². The minimum atomic E-state index is -1.42. The zero-order valence-corrected chi connectivity index (χ0v) is 9.39. The number of nitrogen functional groups attached to an aromatic ring is 1. The Labute approximate surface area is 97.5 Å². The lowest BCUT2D eigenvalue weighted by Crippen LogP contribution is -2.29. The van der Waals surface area contributed by atoms with Gasteiger partial charge in [0.1, 0.15) is 0 Å². The van der Waals surface area contributed by atoms with Crippen molar-refractivity contribution in [3.05, 3.63) is 22.5 Å². The van der Waals surface area contributed by atoms with Gasteiger partial charge in [0.15, 0.2) is 23.3 Å². The molecule has 17 heavy (non-hydrogen) atoms. The molecule has 94 valence electrons. The van der Waals surface area contributed by atoms with Crippen molar-refractivity contribution in [3.8, 4) is 0 Å². The Bertz CT molecular complexity index is 520. The third kappa shape index (κ3) is 2.21. The number of rotatable bonds is 2. The number of ether oxygens (including phenoxy) is 1. The van der Waals surface area contributed by atoms with Crippen LogP contribution in [0.5, 0.6) is 0 Å². The van der Waals surface area contributed by atoms with Gasteiger partial charge in [0, 0.05) is 0 Å². The van der Waals surface area contributed by atoms with Crippen LogP contribution in [-0.4, -0.2) is 36.7 Å². The predicted octanol–water partition coefficient (Wildman–Crippen LogP) is -1.44. The standard InChI is InChI=1S/C8H10FN3O4S/c9-4-1-12(8(14)11-7(4)10)5-3-17(15)6(2-13)16-5/h1,5-6,13H,2-3H2,(H2,10,11,14)/t5-,6+,17-/m1/s1. The fourth-order valence-electron chi connectivity index (χ4n) is 1.46. The second-order valence-corrected chi connectivity index (χ2v) is 5.03. The molecule has 0 amide bonds. The molecule has 1 fully saturated rings. The number of anilines is 1. The number of hydrogen-bond donors (Lipinski definition) is 2. The summed E-state index contributed by atoms with van der Waals surface area (Å²) in [6.45, 7) is -0.428. The molecule has 3 N–H and O–H groups in total. The maximum atomic E-state index is 13.2. The van der Waals surface area contributed by atoms with Gasteiger partial charge in [0.2, 0.25) is 0 Å². The van der Waals surface area contributed by atoms with E-state index in [0.29, 0.717) is 0 Å². The van der Waals surface area contributed by atoms with Crippen LogP contribution >= 0.6 is 0 Å². The monoisotopic (exact) mass is 263 g/mol. The smallest absolute Gasteiger partial charge is 0.351 e. The SMILES string of the molecule is Nc1nc(=O)n([C@H]2C[S@@](=O)[C@@H](CO)O2)cc1F. The van der Waals surface area contributed by atoms with E-state index in [9.17, 15) is 13.4 Å². The summed E-state index contributed by atoms with van der Waals surface area (Å²) in [5.74, 6) is -1.36. The summed E-state index contributed by atoms with van der Waals surface area (Å²) in [6.07, 6.45) is -0.0465. The van der Waals surface area contributed by atoms with Gasteiger partial charge in [-0.05, 0) is 0 Å². The first-order chi connectivity index (χ1) is 8.02. The normalized spacial score (nSPS) is 28.5. The minimum Gasteiger partial charge on any atom is -0.393 e. The average Bonchev–Trinajstić information content (AvgIpc) is 2.65. The van der Waals surface area contributed by atoms with Crippen LogP contribution in [-0.2, 0) is 15.5 Å². The van der Waals surface area contributed by atoms with Gasteiger partial charge in [-0.1, -0.05) is 0 Å². The van der Waals surface area contributed by atoms with Crippen molar-refractivity contribution in [2.75, 3.05) is 18.1 Å². The third-order valence-corrected chi connectivity index (χ3v) is 3.76. The number of nitrogens with two attached hydrogens (primary N) is 1. The van der Waals surface area contributed by atoms with E-state index in [4.69, 9.17) is 15.6 Å². The summed E-state index contributed by atoms with van der Waals surface area (Å²) < 4.78 is 30.6. The van der Waals surface area contributed by atoms with E-state index in [2.05, 4.69) is 4.98 Å². The average molecular weight is 263 g/mol. The van der Waals surface area contributed by atoms with Crippen LogP contribution in [0.2, 0.25) is 0 Å². The second kappa shape index (κ2) is 4.51. The van der Waals surface area contributed by atoms with Crippen LogP contribution < -0.4 is 11.4 Å². The van der Waals surface area contributed by atoms with Gasteiger partial charge < -0.3 is 15.6 Å². The summed E-state index contributed by atoms with van der Waals surface area (Å²) in [5, 5.41) is 8.85. The van der Waals surface area contributed by atoms with E-state index in [-0.39, 0.29) is 5.75 Å². The summed E-state index contributed by atoms with van der Waals surface area (Å²) in [6, 6.07) is 0. The molecular weight excluding hydrogens is 253 g/mol. The lowest BCUT2D eigenvalue weighted by Gasteiger charge is -2.13. The van der Waals surface area contributed by atoms with Gasteiger partial charge in [0.05, 0.1) is 29.4 Å². The number of nitrogens with zero attached hydrogens (tertiary/aromatic N) is 2. The summed E-state index contributed by atoms with van der Waals surface area (Å²) >= 11 is 0. The molecule has 0 radical (unpaired) electrons. The molecule has 0 unspecified atom stereocenters. The van der Waals surface area contributed by atoms with Gasteiger partial charge in [-0.2, -0.15) is 4.98 Å². The predicted molar refractivity (Wildman–Crippen MR) is 56.9 cm³/mol. The molecule has 1 aliphatic heterocycles. The fraction of sp³-hybridized carbons (Fsp3) is 0.500.